The molecule has 2 aromatic rings. The number of hydrazine groups is 1. The summed E-state index contributed by atoms with van der Waals surface area (Å²) in [7, 11) is 0. The van der Waals surface area contributed by atoms with Gasteiger partial charge in [0.2, 0.25) is 0 Å². The van der Waals surface area contributed by atoms with E-state index in [0.29, 0.717) is 17.4 Å². The Labute approximate surface area is 212 Å². The van der Waals surface area contributed by atoms with Gasteiger partial charge in [0.05, 0.1) is 16.8 Å². The molecular formula is C28H25N3O6. The van der Waals surface area contributed by atoms with E-state index < -0.39 is 46.3 Å². The minimum atomic E-state index is -1.17. The molecule has 7 rings (SSSR count). The normalized spacial score (nSPS) is 29.5. The number of nitro groups is 1. The van der Waals surface area contributed by atoms with E-state index in [1.165, 1.54) is 31.2 Å². The molecule has 2 aromatic carbocycles. The van der Waals surface area contributed by atoms with Crippen LogP contribution < -0.4 is 0 Å². The Morgan fingerprint density at radius 1 is 0.919 bits per heavy atom. The Kier molecular flexibility index (Phi) is 5.15. The van der Waals surface area contributed by atoms with Crippen LogP contribution in [0.5, 0.6) is 0 Å². The number of nitro benzene ring substituents is 1. The molecule has 2 bridgehead atoms. The fraction of sp³-hybridized carbons (Fsp3) is 0.357. The van der Waals surface area contributed by atoms with Crippen LogP contribution in [0.2, 0.25) is 0 Å². The minimum absolute atomic E-state index is 0.0357. The van der Waals surface area contributed by atoms with Crippen molar-refractivity contribution >= 4 is 29.2 Å². The first-order chi connectivity index (χ1) is 17.7. The average molecular weight is 500 g/mol. The Bertz CT molecular complexity index is 1350. The van der Waals surface area contributed by atoms with E-state index in [2.05, 4.69) is 0 Å². The van der Waals surface area contributed by atoms with E-state index in [-0.39, 0.29) is 23.1 Å². The van der Waals surface area contributed by atoms with E-state index in [1.807, 2.05) is 19.1 Å². The number of carbonyl (C=O) groups excluding carboxylic acids is 4. The topological polar surface area (TPSA) is 118 Å². The molecule has 0 radical (unpaired) electrons. The van der Waals surface area contributed by atoms with Gasteiger partial charge in [0.1, 0.15) is 6.04 Å². The van der Waals surface area contributed by atoms with Crippen LogP contribution in [-0.4, -0.2) is 44.5 Å². The molecule has 3 amide bonds. The molecule has 1 saturated heterocycles. The third-order valence-corrected chi connectivity index (χ3v) is 8.47. The summed E-state index contributed by atoms with van der Waals surface area (Å²) >= 11 is 0. The second-order valence-corrected chi connectivity index (χ2v) is 10.5. The van der Waals surface area contributed by atoms with Crippen molar-refractivity contribution in [3.8, 4) is 0 Å². The molecule has 188 valence electrons. The lowest BCUT2D eigenvalue weighted by atomic mass is 9.63. The van der Waals surface area contributed by atoms with Gasteiger partial charge in [-0.1, -0.05) is 42.0 Å². The largest absolute Gasteiger partial charge is 0.292 e. The number of nitrogens with zero attached hydrogens (tertiary/aromatic N) is 3. The maximum absolute atomic E-state index is 13.8. The molecular weight excluding hydrogens is 474 g/mol. The zero-order chi connectivity index (χ0) is 26.2. The lowest BCUT2D eigenvalue weighted by Gasteiger charge is -2.37. The average Bonchev–Trinajstić information content (AvgIpc) is 3.68. The second kappa shape index (κ2) is 8.19. The third-order valence-electron chi connectivity index (χ3n) is 8.47. The number of imide groups is 1. The summed E-state index contributed by atoms with van der Waals surface area (Å²) in [6, 6.07) is 10.6. The number of hydrogen-bond donors (Lipinski definition) is 0. The number of carbonyl (C=O) groups is 4. The SMILES string of the molecule is Cc1ccc(C(=O)[C@H](C)N(C(=O)c2ccc([N+](=O)[O-])cc2)N2C(=O)[C@@H]3[C@H]4C=C[C@@H]([C@@H]5C[C@@H]45)[C@H]3C2=O)cc1. The lowest BCUT2D eigenvalue weighted by molar-refractivity contribution is -0.384. The molecule has 1 heterocycles. The van der Waals surface area contributed by atoms with Crippen molar-refractivity contribution in [3.05, 3.63) is 87.5 Å². The molecule has 0 unspecified atom stereocenters. The fourth-order valence-corrected chi connectivity index (χ4v) is 6.52. The maximum atomic E-state index is 13.8. The molecule has 2 saturated carbocycles. The van der Waals surface area contributed by atoms with Crippen LogP contribution in [0.4, 0.5) is 5.69 Å². The predicted molar refractivity (Wildman–Crippen MR) is 131 cm³/mol. The number of aryl methyl sites for hydroxylation is 1. The van der Waals surface area contributed by atoms with Crippen molar-refractivity contribution in [2.75, 3.05) is 0 Å². The number of benzene rings is 2. The van der Waals surface area contributed by atoms with Crippen LogP contribution in [0, 0.1) is 52.5 Å². The fourth-order valence-electron chi connectivity index (χ4n) is 6.52. The Morgan fingerprint density at radius 2 is 1.43 bits per heavy atom. The highest BCUT2D eigenvalue weighted by molar-refractivity contribution is 6.11. The predicted octanol–water partition coefficient (Wildman–Crippen LogP) is 3.58. The zero-order valence-corrected chi connectivity index (χ0v) is 20.3. The van der Waals surface area contributed by atoms with Gasteiger partial charge in [-0.15, -0.1) is 0 Å². The molecule has 3 fully saturated rings. The molecule has 4 aliphatic carbocycles. The zero-order valence-electron chi connectivity index (χ0n) is 20.3. The third kappa shape index (κ3) is 3.44. The smallest absolute Gasteiger partial charge is 0.273 e. The Balaban J connectivity index is 1.39. The highest BCUT2D eigenvalue weighted by Gasteiger charge is 2.68. The van der Waals surface area contributed by atoms with Crippen LogP contribution in [0.15, 0.2) is 60.7 Å². The number of rotatable bonds is 6. The van der Waals surface area contributed by atoms with E-state index in [4.69, 9.17) is 0 Å². The molecule has 0 spiro atoms. The summed E-state index contributed by atoms with van der Waals surface area (Å²) in [5, 5.41) is 13.0. The minimum Gasteiger partial charge on any atom is -0.292 e. The number of Topliss-reactive ketones (excluding diaryl/α,β-unsaturated/α-hetero) is 1. The Morgan fingerprint density at radius 3 is 1.95 bits per heavy atom. The van der Waals surface area contributed by atoms with Crippen LogP contribution in [0.25, 0.3) is 0 Å². The standard InChI is InChI=1S/C28H25N3O6/c1-14-3-5-16(6-4-14)25(32)15(2)29(26(33)17-7-9-18(10-8-17)31(36)37)30-27(34)23-19-11-12-20(22-13-21(19)22)24(23)28(30)35/h3-12,15,19-24H,13H2,1-2H3/t15-,19-,20-,21-,22-,23+,24+/m0/s1. The second-order valence-electron chi connectivity index (χ2n) is 10.5. The molecule has 7 atom stereocenters. The van der Waals surface area contributed by atoms with E-state index in [0.717, 1.165) is 22.0 Å². The summed E-state index contributed by atoms with van der Waals surface area (Å²) in [4.78, 5) is 65.5. The molecule has 1 aliphatic heterocycles. The van der Waals surface area contributed by atoms with Crippen molar-refractivity contribution < 1.29 is 24.1 Å². The van der Waals surface area contributed by atoms with Crippen molar-refractivity contribution in [1.82, 2.24) is 10.0 Å². The Hall–Kier alpha value is -4.14. The van der Waals surface area contributed by atoms with Crippen LogP contribution in [-0.2, 0) is 9.59 Å². The summed E-state index contributed by atoms with van der Waals surface area (Å²) in [5.74, 6) is -2.47. The summed E-state index contributed by atoms with van der Waals surface area (Å²) in [6.45, 7) is 3.39. The van der Waals surface area contributed by atoms with Crippen molar-refractivity contribution in [2.24, 2.45) is 35.5 Å². The number of non-ortho nitro benzene ring substituents is 1. The van der Waals surface area contributed by atoms with Gasteiger partial charge < -0.3 is 0 Å². The molecule has 0 N–H and O–H groups in total. The maximum Gasteiger partial charge on any atom is 0.273 e. The lowest BCUT2D eigenvalue weighted by Crippen LogP contribution is -2.56. The summed E-state index contributed by atoms with van der Waals surface area (Å²) in [5.41, 5.74) is 1.14. The number of hydrogen-bond acceptors (Lipinski definition) is 6. The van der Waals surface area contributed by atoms with Gasteiger partial charge in [-0.05, 0) is 56.1 Å². The monoisotopic (exact) mass is 499 g/mol. The number of amides is 3. The number of ketones is 1. The van der Waals surface area contributed by atoms with Crippen molar-refractivity contribution in [1.29, 1.82) is 0 Å². The number of allylic oxidation sites excluding steroid dienone is 2. The molecule has 5 aliphatic rings. The summed E-state index contributed by atoms with van der Waals surface area (Å²) in [6.07, 6.45) is 5.08. The van der Waals surface area contributed by atoms with Gasteiger partial charge >= 0.3 is 0 Å². The van der Waals surface area contributed by atoms with Gasteiger partial charge in [-0.25, -0.2) is 5.01 Å². The van der Waals surface area contributed by atoms with Crippen LogP contribution in [0.1, 0.15) is 39.6 Å². The van der Waals surface area contributed by atoms with Gasteiger partial charge in [0.15, 0.2) is 5.78 Å². The molecule has 0 aromatic heterocycles. The molecule has 9 heteroatoms. The van der Waals surface area contributed by atoms with Gasteiger partial charge in [0.25, 0.3) is 23.4 Å². The molecule has 37 heavy (non-hydrogen) atoms. The highest BCUT2D eigenvalue weighted by Crippen LogP contribution is 2.65. The van der Waals surface area contributed by atoms with Crippen molar-refractivity contribution in [2.45, 2.75) is 26.3 Å². The van der Waals surface area contributed by atoms with E-state index in [1.54, 1.807) is 24.3 Å². The quantitative estimate of drug-likeness (QED) is 0.197. The van der Waals surface area contributed by atoms with Gasteiger partial charge in [-0.2, -0.15) is 5.01 Å². The van der Waals surface area contributed by atoms with E-state index in [9.17, 15) is 29.3 Å². The van der Waals surface area contributed by atoms with Gasteiger partial charge in [0, 0.05) is 23.3 Å². The van der Waals surface area contributed by atoms with Crippen LogP contribution >= 0.6 is 0 Å². The van der Waals surface area contributed by atoms with Crippen molar-refractivity contribution in [3.63, 3.8) is 0 Å². The van der Waals surface area contributed by atoms with Crippen LogP contribution in [0.3, 0.4) is 0 Å². The molecule has 9 nitrogen and oxygen atoms in total. The summed E-state index contributed by atoms with van der Waals surface area (Å²) < 4.78 is 0. The first-order valence-corrected chi connectivity index (χ1v) is 12.4. The van der Waals surface area contributed by atoms with Gasteiger partial charge in [-0.3, -0.25) is 29.3 Å². The highest BCUT2D eigenvalue weighted by atomic mass is 16.6. The van der Waals surface area contributed by atoms with E-state index >= 15 is 0 Å². The first-order valence-electron chi connectivity index (χ1n) is 12.4. The first kappa shape index (κ1) is 23.3.